The molecule has 0 heterocycles. The first-order valence-electron chi connectivity index (χ1n) is 12.5. The van der Waals surface area contributed by atoms with Crippen molar-refractivity contribution in [2.75, 3.05) is 0 Å². The Hall–Kier alpha value is -2.67. The lowest BCUT2D eigenvalue weighted by Crippen LogP contribution is -2.26. The number of Topliss-reactive ketones (excluding diaryl/α,β-unsaturated/α-hetero) is 1. The van der Waals surface area contributed by atoms with Crippen LogP contribution in [0.15, 0.2) is 90.1 Å². The Balaban J connectivity index is 1.56. The van der Waals surface area contributed by atoms with Crippen LogP contribution in [0.25, 0.3) is 10.8 Å². The summed E-state index contributed by atoms with van der Waals surface area (Å²) in [6, 6.07) is 14.7. The predicted octanol–water partition coefficient (Wildman–Crippen LogP) is 9.10. The van der Waals surface area contributed by atoms with E-state index in [-0.39, 0.29) is 5.78 Å². The molecule has 0 fully saturated rings. The van der Waals surface area contributed by atoms with Gasteiger partial charge in [-0.3, -0.25) is 4.79 Å². The van der Waals surface area contributed by atoms with Crippen molar-refractivity contribution in [3.63, 3.8) is 0 Å². The molecule has 1 aliphatic carbocycles. The lowest BCUT2D eigenvalue weighted by molar-refractivity contribution is -0.123. The third kappa shape index (κ3) is 7.16. The molecule has 2 aromatic carbocycles. The summed E-state index contributed by atoms with van der Waals surface area (Å²) < 4.78 is 0. The van der Waals surface area contributed by atoms with Gasteiger partial charge in [0.25, 0.3) is 0 Å². The Morgan fingerprint density at radius 2 is 1.67 bits per heavy atom. The monoisotopic (exact) mass is 440 g/mol. The van der Waals surface area contributed by atoms with Crippen LogP contribution in [0.4, 0.5) is 0 Å². The first kappa shape index (κ1) is 25.0. The minimum absolute atomic E-state index is 0.158. The highest BCUT2D eigenvalue weighted by Crippen LogP contribution is 2.30. The van der Waals surface area contributed by atoms with E-state index in [1.165, 1.54) is 60.4 Å². The summed E-state index contributed by atoms with van der Waals surface area (Å²) in [5, 5.41) is 2.42. The van der Waals surface area contributed by atoms with Gasteiger partial charge >= 0.3 is 0 Å². The largest absolute Gasteiger partial charge is 0.294 e. The smallest absolute Gasteiger partial charge is 0.164 e. The average molecular weight is 441 g/mol. The van der Waals surface area contributed by atoms with Crippen LogP contribution in [0.3, 0.4) is 0 Å². The minimum atomic E-state index is -0.444. The number of ketones is 1. The molecule has 0 radical (unpaired) electrons. The Bertz CT molecular complexity index is 1080. The molecule has 3 rings (SSSR count). The maximum Gasteiger partial charge on any atom is 0.164 e. The number of allylic oxidation sites excluding steroid dienone is 6. The van der Waals surface area contributed by atoms with E-state index in [1.54, 1.807) is 0 Å². The molecule has 0 N–H and O–H groups in total. The predicted molar refractivity (Wildman–Crippen MR) is 143 cm³/mol. The number of hydrogen-bond donors (Lipinski definition) is 0. The molecule has 2 aromatic rings. The number of rotatable bonds is 9. The average Bonchev–Trinajstić information content (AvgIpc) is 2.79. The van der Waals surface area contributed by atoms with E-state index in [4.69, 9.17) is 0 Å². The van der Waals surface area contributed by atoms with Crippen LogP contribution in [0.1, 0.15) is 77.7 Å². The lowest BCUT2D eigenvalue weighted by atomic mass is 9.78. The first-order chi connectivity index (χ1) is 15.8. The van der Waals surface area contributed by atoms with Crippen molar-refractivity contribution in [3.8, 4) is 0 Å². The van der Waals surface area contributed by atoms with Crippen molar-refractivity contribution in [1.82, 2.24) is 0 Å². The first-order valence-corrected chi connectivity index (χ1v) is 12.5. The van der Waals surface area contributed by atoms with Gasteiger partial charge in [-0.15, -0.1) is 0 Å². The maximum absolute atomic E-state index is 13.2. The van der Waals surface area contributed by atoms with Crippen LogP contribution in [-0.2, 0) is 11.2 Å². The highest BCUT2D eigenvalue weighted by Gasteiger charge is 2.29. The molecular formula is C32H40O. The van der Waals surface area contributed by atoms with E-state index in [2.05, 4.69) is 62.6 Å². The number of fused-ring (bicyclic) bond motifs is 1. The zero-order chi connectivity index (χ0) is 23.8. The topological polar surface area (TPSA) is 17.1 Å². The zero-order valence-corrected chi connectivity index (χ0v) is 20.9. The summed E-state index contributed by atoms with van der Waals surface area (Å²) in [7, 11) is 0. The second-order valence-corrected chi connectivity index (χ2v) is 10.4. The second kappa shape index (κ2) is 11.5. The molecule has 1 aliphatic rings. The molecule has 0 atom stereocenters. The van der Waals surface area contributed by atoms with Gasteiger partial charge in [0.05, 0.1) is 0 Å². The molecule has 33 heavy (non-hydrogen) atoms. The molecule has 174 valence electrons. The molecule has 0 spiro atoms. The quantitative estimate of drug-likeness (QED) is 0.281. The molecule has 1 heteroatoms. The van der Waals surface area contributed by atoms with Gasteiger partial charge in [-0.25, -0.2) is 0 Å². The highest BCUT2D eigenvalue weighted by molar-refractivity contribution is 5.99. The number of hydrogen-bond acceptors (Lipinski definition) is 1. The van der Waals surface area contributed by atoms with Gasteiger partial charge in [0.1, 0.15) is 0 Å². The Kier molecular flexibility index (Phi) is 8.67. The van der Waals surface area contributed by atoms with Crippen molar-refractivity contribution >= 4 is 16.6 Å². The van der Waals surface area contributed by atoms with Gasteiger partial charge in [0.2, 0.25) is 0 Å². The molecular weight excluding hydrogens is 400 g/mol. The van der Waals surface area contributed by atoms with Crippen LogP contribution in [0, 0.1) is 5.41 Å². The van der Waals surface area contributed by atoms with Crippen LogP contribution in [-0.4, -0.2) is 5.78 Å². The van der Waals surface area contributed by atoms with Crippen LogP contribution in [0.5, 0.6) is 0 Å². The second-order valence-electron chi connectivity index (χ2n) is 10.4. The molecule has 0 unspecified atom stereocenters. The van der Waals surface area contributed by atoms with Crippen molar-refractivity contribution in [2.24, 2.45) is 5.41 Å². The van der Waals surface area contributed by atoms with E-state index < -0.39 is 5.41 Å². The van der Waals surface area contributed by atoms with Gasteiger partial charge in [-0.05, 0) is 72.9 Å². The van der Waals surface area contributed by atoms with Crippen molar-refractivity contribution < 1.29 is 4.79 Å². The van der Waals surface area contributed by atoms with Gasteiger partial charge in [-0.2, -0.15) is 0 Å². The Labute approximate surface area is 201 Å². The van der Waals surface area contributed by atoms with E-state index in [9.17, 15) is 4.79 Å². The summed E-state index contributed by atoms with van der Waals surface area (Å²) in [4.78, 5) is 13.2. The van der Waals surface area contributed by atoms with Crippen LogP contribution in [0.2, 0.25) is 0 Å². The fraction of sp³-hybridized carbons (Fsp3) is 0.406. The number of carbonyl (C=O) groups excluding carboxylic acids is 1. The maximum atomic E-state index is 13.2. The van der Waals surface area contributed by atoms with Crippen LogP contribution >= 0.6 is 0 Å². The lowest BCUT2D eigenvalue weighted by Gasteiger charge is -2.24. The molecule has 1 nitrogen and oxygen atoms in total. The molecule has 0 saturated heterocycles. The summed E-state index contributed by atoms with van der Waals surface area (Å²) in [6.07, 6.45) is 14.3. The van der Waals surface area contributed by atoms with Gasteiger partial charge < -0.3 is 0 Å². The van der Waals surface area contributed by atoms with Gasteiger partial charge in [0, 0.05) is 11.8 Å². The Morgan fingerprint density at radius 3 is 2.42 bits per heavy atom. The third-order valence-electron chi connectivity index (χ3n) is 7.05. The van der Waals surface area contributed by atoms with E-state index in [1.807, 2.05) is 26.0 Å². The molecule has 0 aliphatic heterocycles. The van der Waals surface area contributed by atoms with Crippen molar-refractivity contribution in [2.45, 2.75) is 78.6 Å². The third-order valence-corrected chi connectivity index (χ3v) is 7.05. The van der Waals surface area contributed by atoms with E-state index in [0.29, 0.717) is 12.0 Å². The summed E-state index contributed by atoms with van der Waals surface area (Å²) >= 11 is 0. The van der Waals surface area contributed by atoms with Crippen molar-refractivity contribution in [1.29, 1.82) is 0 Å². The summed E-state index contributed by atoms with van der Waals surface area (Å²) in [6.45, 7) is 14.8. The van der Waals surface area contributed by atoms with E-state index >= 15 is 0 Å². The molecule has 0 amide bonds. The minimum Gasteiger partial charge on any atom is -0.294 e. The van der Waals surface area contributed by atoms with Gasteiger partial charge in [0.15, 0.2) is 5.78 Å². The fourth-order valence-electron chi connectivity index (χ4n) is 4.70. The Morgan fingerprint density at radius 1 is 0.970 bits per heavy atom. The molecule has 0 aromatic heterocycles. The highest BCUT2D eigenvalue weighted by atomic mass is 16.1. The number of carbonyl (C=O) groups is 1. The molecule has 0 saturated carbocycles. The molecule has 0 bridgehead atoms. The van der Waals surface area contributed by atoms with Gasteiger partial charge in [-0.1, -0.05) is 106 Å². The van der Waals surface area contributed by atoms with Crippen molar-refractivity contribution in [3.05, 3.63) is 95.6 Å². The van der Waals surface area contributed by atoms with Crippen LogP contribution < -0.4 is 0 Å². The number of benzene rings is 2. The normalized spacial score (nSPS) is 15.5. The van der Waals surface area contributed by atoms with E-state index in [0.717, 1.165) is 24.0 Å². The standard InChI is InChI=1S/C32H40O/c1-24(16-18-28-13-9-7-6-8-12-25(28)2)20-21-32(4,5)31(33)26(3)22-27-17-19-29-14-10-11-15-30(29)23-27/h10-11,14-19,23H,1,3,6-9,12-13,20-22H2,2,4-5H3. The summed E-state index contributed by atoms with van der Waals surface area (Å²) in [5.74, 6) is 0.158. The summed E-state index contributed by atoms with van der Waals surface area (Å²) in [5.41, 5.74) is 5.48. The fourth-order valence-corrected chi connectivity index (χ4v) is 4.70. The zero-order valence-electron chi connectivity index (χ0n) is 20.9. The SMILES string of the molecule is C=C(C=CC1=C(C)CCCCCC1)CCC(C)(C)C(=O)C(=C)Cc1ccc2ccccc2c1.